The minimum Gasteiger partial charge on any atom is -0.384 e. The van der Waals surface area contributed by atoms with Gasteiger partial charge >= 0.3 is 0 Å². The largest absolute Gasteiger partial charge is 0.384 e. The minimum absolute atomic E-state index is 0.229. The number of hydrogen-bond donors (Lipinski definition) is 1. The van der Waals surface area contributed by atoms with Gasteiger partial charge in [-0.05, 0) is 18.2 Å². The lowest BCUT2D eigenvalue weighted by molar-refractivity contribution is 0.0984. The first-order valence-corrected chi connectivity index (χ1v) is 3.65. The van der Waals surface area contributed by atoms with Crippen LogP contribution in [0.25, 0.3) is 0 Å². The van der Waals surface area contributed by atoms with Crippen LogP contribution in [0.2, 0.25) is 0 Å². The summed E-state index contributed by atoms with van der Waals surface area (Å²) < 4.78 is 0. The van der Waals surface area contributed by atoms with Gasteiger partial charge in [-0.1, -0.05) is 6.07 Å². The SMILES string of the molecule is O=C1CCNc2c[c]ccc21. The van der Waals surface area contributed by atoms with Crippen LogP contribution < -0.4 is 5.32 Å². The number of nitrogens with one attached hydrogen (secondary N) is 1. The summed E-state index contributed by atoms with van der Waals surface area (Å²) in [7, 11) is 0. The summed E-state index contributed by atoms with van der Waals surface area (Å²) in [5, 5.41) is 3.14. The highest BCUT2D eigenvalue weighted by Gasteiger charge is 2.14. The van der Waals surface area contributed by atoms with Crippen molar-refractivity contribution in [2.24, 2.45) is 0 Å². The zero-order valence-corrected chi connectivity index (χ0v) is 6.05. The molecule has 0 atom stereocenters. The van der Waals surface area contributed by atoms with Crippen LogP contribution in [0, 0.1) is 6.07 Å². The first-order valence-electron chi connectivity index (χ1n) is 3.65. The Kier molecular flexibility index (Phi) is 1.39. The number of hydrogen-bond acceptors (Lipinski definition) is 2. The molecule has 0 saturated heterocycles. The van der Waals surface area contributed by atoms with Gasteiger partial charge in [0.15, 0.2) is 5.78 Å². The molecular formula is C9H8NO. The number of fused-ring (bicyclic) bond motifs is 1. The van der Waals surface area contributed by atoms with E-state index >= 15 is 0 Å². The molecule has 0 fully saturated rings. The number of ketones is 1. The van der Waals surface area contributed by atoms with Crippen molar-refractivity contribution in [2.75, 3.05) is 11.9 Å². The zero-order chi connectivity index (χ0) is 7.68. The van der Waals surface area contributed by atoms with E-state index < -0.39 is 0 Å². The second kappa shape index (κ2) is 2.38. The molecule has 2 nitrogen and oxygen atoms in total. The topological polar surface area (TPSA) is 29.1 Å². The van der Waals surface area contributed by atoms with Gasteiger partial charge in [0.05, 0.1) is 0 Å². The lowest BCUT2D eigenvalue weighted by Crippen LogP contribution is -2.17. The monoisotopic (exact) mass is 146 g/mol. The number of Topliss-reactive ketones (excluding diaryl/α,β-unsaturated/α-hetero) is 1. The molecule has 1 aliphatic rings. The second-order valence-electron chi connectivity index (χ2n) is 2.57. The Morgan fingerprint density at radius 2 is 2.45 bits per heavy atom. The normalized spacial score (nSPS) is 15.5. The molecule has 1 aliphatic heterocycles. The Morgan fingerprint density at radius 1 is 1.55 bits per heavy atom. The van der Waals surface area contributed by atoms with Crippen molar-refractivity contribution in [1.82, 2.24) is 0 Å². The van der Waals surface area contributed by atoms with Crippen LogP contribution in [0.1, 0.15) is 16.8 Å². The number of carbonyl (C=O) groups excluding carboxylic acids is 1. The zero-order valence-electron chi connectivity index (χ0n) is 6.05. The van der Waals surface area contributed by atoms with Crippen molar-refractivity contribution in [3.8, 4) is 0 Å². The number of rotatable bonds is 0. The summed E-state index contributed by atoms with van der Waals surface area (Å²) in [6.07, 6.45) is 0.608. The molecule has 2 heteroatoms. The van der Waals surface area contributed by atoms with Crippen LogP contribution in [0.4, 0.5) is 5.69 Å². The Labute approximate surface area is 65.2 Å². The fourth-order valence-electron chi connectivity index (χ4n) is 1.27. The Morgan fingerprint density at radius 3 is 3.27 bits per heavy atom. The second-order valence-corrected chi connectivity index (χ2v) is 2.57. The third-order valence-corrected chi connectivity index (χ3v) is 1.83. The fraction of sp³-hybridized carbons (Fsp3) is 0.222. The van der Waals surface area contributed by atoms with Gasteiger partial charge in [0, 0.05) is 24.2 Å². The lowest BCUT2D eigenvalue weighted by Gasteiger charge is -2.15. The highest BCUT2D eigenvalue weighted by Crippen LogP contribution is 2.19. The van der Waals surface area contributed by atoms with Crippen LogP contribution in [-0.4, -0.2) is 12.3 Å². The first kappa shape index (κ1) is 6.40. The summed E-state index contributed by atoms with van der Waals surface area (Å²) in [5.41, 5.74) is 1.72. The lowest BCUT2D eigenvalue weighted by atomic mass is 10.0. The summed E-state index contributed by atoms with van der Waals surface area (Å²) >= 11 is 0. The smallest absolute Gasteiger partial charge is 0.166 e. The van der Waals surface area contributed by atoms with Crippen LogP contribution in [-0.2, 0) is 0 Å². The highest BCUT2D eigenvalue weighted by molar-refractivity contribution is 6.02. The van der Waals surface area contributed by atoms with E-state index in [2.05, 4.69) is 11.4 Å². The van der Waals surface area contributed by atoms with Crippen molar-refractivity contribution >= 4 is 11.5 Å². The quantitative estimate of drug-likeness (QED) is 0.600. The maximum atomic E-state index is 11.2. The van der Waals surface area contributed by atoms with E-state index in [-0.39, 0.29) is 5.78 Å². The minimum atomic E-state index is 0.229. The molecule has 0 bridgehead atoms. The van der Waals surface area contributed by atoms with E-state index in [4.69, 9.17) is 0 Å². The van der Waals surface area contributed by atoms with E-state index in [1.54, 1.807) is 6.07 Å². The summed E-state index contributed by atoms with van der Waals surface area (Å²) in [4.78, 5) is 11.2. The van der Waals surface area contributed by atoms with Gasteiger partial charge in [-0.15, -0.1) is 0 Å². The standard InChI is InChI=1S/C9H8NO/c11-9-5-6-10-8-4-2-1-3-7(8)9/h1,3-4,10H,5-6H2. The highest BCUT2D eigenvalue weighted by atomic mass is 16.1. The summed E-state index contributed by atoms with van der Waals surface area (Å²) in [6, 6.07) is 8.32. The van der Waals surface area contributed by atoms with Crippen LogP contribution in [0.5, 0.6) is 0 Å². The molecule has 0 amide bonds. The third-order valence-electron chi connectivity index (χ3n) is 1.83. The van der Waals surface area contributed by atoms with Crippen molar-refractivity contribution in [3.05, 3.63) is 29.8 Å². The van der Waals surface area contributed by atoms with Crippen LogP contribution in [0.15, 0.2) is 18.2 Å². The maximum absolute atomic E-state index is 11.2. The summed E-state index contributed by atoms with van der Waals surface area (Å²) in [6.45, 7) is 0.754. The van der Waals surface area contributed by atoms with Gasteiger partial charge in [0.25, 0.3) is 0 Å². The van der Waals surface area contributed by atoms with Crippen LogP contribution in [0.3, 0.4) is 0 Å². The molecule has 0 saturated carbocycles. The molecule has 0 aliphatic carbocycles. The molecule has 0 aromatic heterocycles. The van der Waals surface area contributed by atoms with Gasteiger partial charge in [-0.25, -0.2) is 0 Å². The van der Waals surface area contributed by atoms with Gasteiger partial charge in [0.2, 0.25) is 0 Å². The number of carbonyl (C=O) groups is 1. The maximum Gasteiger partial charge on any atom is 0.166 e. The molecule has 1 aromatic rings. The first-order chi connectivity index (χ1) is 5.38. The van der Waals surface area contributed by atoms with E-state index in [1.165, 1.54) is 0 Å². The molecule has 0 unspecified atom stereocenters. The van der Waals surface area contributed by atoms with Crippen molar-refractivity contribution in [1.29, 1.82) is 0 Å². The van der Waals surface area contributed by atoms with Crippen LogP contribution >= 0.6 is 0 Å². The van der Waals surface area contributed by atoms with Gasteiger partial charge in [-0.2, -0.15) is 0 Å². The third kappa shape index (κ3) is 1.00. The van der Waals surface area contributed by atoms with E-state index in [0.717, 1.165) is 17.8 Å². The van der Waals surface area contributed by atoms with E-state index in [0.29, 0.717) is 6.42 Å². The predicted octanol–water partition coefficient (Wildman–Crippen LogP) is 1.49. The molecular weight excluding hydrogens is 138 g/mol. The molecule has 2 rings (SSSR count). The van der Waals surface area contributed by atoms with Crippen molar-refractivity contribution in [2.45, 2.75) is 6.42 Å². The fourth-order valence-corrected chi connectivity index (χ4v) is 1.27. The molecule has 0 spiro atoms. The van der Waals surface area contributed by atoms with Crippen molar-refractivity contribution in [3.63, 3.8) is 0 Å². The van der Waals surface area contributed by atoms with E-state index in [1.807, 2.05) is 12.1 Å². The molecule has 1 radical (unpaired) electrons. The molecule has 11 heavy (non-hydrogen) atoms. The molecule has 1 aromatic carbocycles. The Hall–Kier alpha value is -1.31. The molecule has 1 N–H and O–H groups in total. The molecule has 1 heterocycles. The summed E-state index contributed by atoms with van der Waals surface area (Å²) in [5.74, 6) is 0.229. The Balaban J connectivity index is 2.52. The number of anilines is 1. The number of benzene rings is 1. The van der Waals surface area contributed by atoms with Crippen molar-refractivity contribution < 1.29 is 4.79 Å². The van der Waals surface area contributed by atoms with Gasteiger partial charge in [0.1, 0.15) is 0 Å². The van der Waals surface area contributed by atoms with E-state index in [9.17, 15) is 4.79 Å². The molecule has 55 valence electrons. The van der Waals surface area contributed by atoms with Gasteiger partial charge < -0.3 is 5.32 Å². The predicted molar refractivity (Wildman–Crippen MR) is 42.7 cm³/mol. The average Bonchev–Trinajstić information content (AvgIpc) is 2.06. The van der Waals surface area contributed by atoms with Gasteiger partial charge in [-0.3, -0.25) is 4.79 Å². The Bertz CT molecular complexity index is 293. The average molecular weight is 146 g/mol.